The Bertz CT molecular complexity index is 1050. The molecule has 0 saturated carbocycles. The molecule has 0 aliphatic rings. The van der Waals surface area contributed by atoms with Gasteiger partial charge >= 0.3 is 0 Å². The zero-order valence-corrected chi connectivity index (χ0v) is 16.9. The van der Waals surface area contributed by atoms with E-state index >= 15 is 0 Å². The van der Waals surface area contributed by atoms with Crippen LogP contribution < -0.4 is 14.2 Å². The van der Waals surface area contributed by atoms with Gasteiger partial charge in [-0.15, -0.1) is 0 Å². The minimum atomic E-state index is -3.92. The van der Waals surface area contributed by atoms with E-state index in [2.05, 4.69) is 4.72 Å². The summed E-state index contributed by atoms with van der Waals surface area (Å²) in [6.07, 6.45) is 0.408. The van der Waals surface area contributed by atoms with Gasteiger partial charge in [0.05, 0.1) is 25.2 Å². The lowest BCUT2D eigenvalue weighted by Crippen LogP contribution is -2.30. The molecule has 1 N–H and O–H groups in total. The van der Waals surface area contributed by atoms with Crippen molar-refractivity contribution in [3.8, 4) is 11.5 Å². The summed E-state index contributed by atoms with van der Waals surface area (Å²) in [7, 11) is -0.773. The molecule has 7 heteroatoms. The summed E-state index contributed by atoms with van der Waals surface area (Å²) in [4.78, 5) is -0.120. The normalized spacial score (nSPS) is 12.4. The topological polar surface area (TPSA) is 64.6 Å². The molecule has 0 unspecified atom stereocenters. The fourth-order valence-corrected chi connectivity index (χ4v) is 4.21. The maximum Gasteiger partial charge on any atom is 0.241 e. The first kappa shape index (κ1) is 20.8. The Labute approximate surface area is 170 Å². The van der Waals surface area contributed by atoms with Crippen LogP contribution >= 0.6 is 0 Å². The maximum atomic E-state index is 13.5. The highest BCUT2D eigenvalue weighted by Crippen LogP contribution is 2.25. The zero-order chi connectivity index (χ0) is 20.9. The Kier molecular flexibility index (Phi) is 6.51. The van der Waals surface area contributed by atoms with Crippen LogP contribution in [0.15, 0.2) is 77.7 Å². The van der Waals surface area contributed by atoms with Gasteiger partial charge in [-0.25, -0.2) is 17.5 Å². The molecule has 29 heavy (non-hydrogen) atoms. The fraction of sp³-hybridized carbons (Fsp3) is 0.182. The van der Waals surface area contributed by atoms with Gasteiger partial charge in [0.1, 0.15) is 17.3 Å². The highest BCUT2D eigenvalue weighted by Gasteiger charge is 2.22. The fourth-order valence-electron chi connectivity index (χ4n) is 2.95. The molecule has 0 spiro atoms. The molecule has 1 atom stereocenters. The van der Waals surface area contributed by atoms with Crippen molar-refractivity contribution in [1.29, 1.82) is 0 Å². The van der Waals surface area contributed by atoms with Gasteiger partial charge in [0.2, 0.25) is 10.0 Å². The van der Waals surface area contributed by atoms with Crippen LogP contribution in [0.3, 0.4) is 0 Å². The van der Waals surface area contributed by atoms with Crippen molar-refractivity contribution < 1.29 is 22.3 Å². The SMILES string of the molecule is COc1ccc(C[C@H](NS(=O)(=O)c2cccc(F)c2)c2ccc(OC)cc2)cc1. The lowest BCUT2D eigenvalue weighted by molar-refractivity contribution is 0.414. The van der Waals surface area contributed by atoms with Crippen LogP contribution in [0.4, 0.5) is 4.39 Å². The van der Waals surface area contributed by atoms with Gasteiger partial charge < -0.3 is 9.47 Å². The number of rotatable bonds is 8. The summed E-state index contributed by atoms with van der Waals surface area (Å²) in [5.41, 5.74) is 1.69. The number of benzene rings is 3. The molecule has 3 aromatic carbocycles. The quantitative estimate of drug-likeness (QED) is 0.602. The Hall–Kier alpha value is -2.90. The van der Waals surface area contributed by atoms with Crippen molar-refractivity contribution in [2.75, 3.05) is 14.2 Å². The Balaban J connectivity index is 1.92. The standard InChI is InChI=1S/C22H22FNO4S/c1-27-19-10-6-16(7-11-19)14-22(17-8-12-20(28-2)13-9-17)24-29(25,26)21-5-3-4-18(23)15-21/h3-13,15,22,24H,14H2,1-2H3/t22-/m0/s1. The zero-order valence-electron chi connectivity index (χ0n) is 16.1. The second-order valence-electron chi connectivity index (χ2n) is 6.46. The van der Waals surface area contributed by atoms with Crippen molar-refractivity contribution in [2.45, 2.75) is 17.4 Å². The highest BCUT2D eigenvalue weighted by atomic mass is 32.2. The molecule has 0 aliphatic heterocycles. The predicted molar refractivity (Wildman–Crippen MR) is 109 cm³/mol. The van der Waals surface area contributed by atoms with Crippen molar-refractivity contribution in [3.63, 3.8) is 0 Å². The number of methoxy groups -OCH3 is 2. The van der Waals surface area contributed by atoms with Crippen LogP contribution in [0.25, 0.3) is 0 Å². The molecule has 152 valence electrons. The molecule has 0 aromatic heterocycles. The molecule has 0 amide bonds. The molecule has 0 radical (unpaired) electrons. The average molecular weight is 415 g/mol. The van der Waals surface area contributed by atoms with Crippen LogP contribution in [0.1, 0.15) is 17.2 Å². The second-order valence-corrected chi connectivity index (χ2v) is 8.17. The first-order chi connectivity index (χ1) is 13.9. The second kappa shape index (κ2) is 9.07. The summed E-state index contributed by atoms with van der Waals surface area (Å²) in [6, 6.07) is 18.9. The number of nitrogens with one attached hydrogen (secondary N) is 1. The van der Waals surface area contributed by atoms with Crippen molar-refractivity contribution in [2.24, 2.45) is 0 Å². The van der Waals surface area contributed by atoms with Crippen LogP contribution in [0.5, 0.6) is 11.5 Å². The van der Waals surface area contributed by atoms with Crippen molar-refractivity contribution in [3.05, 3.63) is 89.7 Å². The average Bonchev–Trinajstić information content (AvgIpc) is 2.74. The van der Waals surface area contributed by atoms with E-state index in [1.54, 1.807) is 38.5 Å². The molecule has 3 aromatic rings. The Morgan fingerprint density at radius 2 is 1.48 bits per heavy atom. The van der Waals surface area contributed by atoms with Gasteiger partial charge in [-0.3, -0.25) is 0 Å². The van der Waals surface area contributed by atoms with E-state index in [9.17, 15) is 12.8 Å². The lowest BCUT2D eigenvalue weighted by Gasteiger charge is -2.20. The minimum absolute atomic E-state index is 0.120. The summed E-state index contributed by atoms with van der Waals surface area (Å²) in [5.74, 6) is 0.782. The third-order valence-corrected chi connectivity index (χ3v) is 5.99. The lowest BCUT2D eigenvalue weighted by atomic mass is 9.99. The molecular formula is C22H22FNO4S. The van der Waals surface area contributed by atoms with E-state index in [1.165, 1.54) is 18.2 Å². The van der Waals surface area contributed by atoms with E-state index in [0.29, 0.717) is 12.2 Å². The van der Waals surface area contributed by atoms with Crippen molar-refractivity contribution in [1.82, 2.24) is 4.72 Å². The van der Waals surface area contributed by atoms with Crippen LogP contribution in [0.2, 0.25) is 0 Å². The molecule has 0 aliphatic carbocycles. The van der Waals surface area contributed by atoms with E-state index in [4.69, 9.17) is 9.47 Å². The Morgan fingerprint density at radius 1 is 0.897 bits per heavy atom. The smallest absolute Gasteiger partial charge is 0.241 e. The van der Waals surface area contributed by atoms with E-state index < -0.39 is 21.9 Å². The van der Waals surface area contributed by atoms with Gasteiger partial charge in [-0.1, -0.05) is 30.3 Å². The molecule has 0 heterocycles. The van der Waals surface area contributed by atoms with Gasteiger partial charge in [0, 0.05) is 0 Å². The molecule has 5 nitrogen and oxygen atoms in total. The Morgan fingerprint density at radius 3 is 2.03 bits per heavy atom. The van der Waals surface area contributed by atoms with E-state index in [-0.39, 0.29) is 4.90 Å². The third kappa shape index (κ3) is 5.34. The number of hydrogen-bond donors (Lipinski definition) is 1. The predicted octanol–water partition coefficient (Wildman–Crippen LogP) is 4.11. The number of halogens is 1. The summed E-state index contributed by atoms with van der Waals surface area (Å²) in [6.45, 7) is 0. The number of sulfonamides is 1. The summed E-state index contributed by atoms with van der Waals surface area (Å²) < 4.78 is 52.3. The monoisotopic (exact) mass is 415 g/mol. The molecule has 3 rings (SSSR count). The van der Waals surface area contributed by atoms with Crippen molar-refractivity contribution >= 4 is 10.0 Å². The van der Waals surface area contributed by atoms with Gasteiger partial charge in [-0.2, -0.15) is 0 Å². The first-order valence-corrected chi connectivity index (χ1v) is 10.4. The molecular weight excluding hydrogens is 393 g/mol. The van der Waals surface area contributed by atoms with Crippen LogP contribution in [0, 0.1) is 5.82 Å². The van der Waals surface area contributed by atoms with Gasteiger partial charge in [-0.05, 0) is 60.0 Å². The largest absolute Gasteiger partial charge is 0.497 e. The van der Waals surface area contributed by atoms with Gasteiger partial charge in [0.15, 0.2) is 0 Å². The third-order valence-electron chi connectivity index (χ3n) is 4.52. The van der Waals surface area contributed by atoms with Crippen LogP contribution in [-0.2, 0) is 16.4 Å². The van der Waals surface area contributed by atoms with E-state index in [1.807, 2.05) is 24.3 Å². The summed E-state index contributed by atoms with van der Waals surface area (Å²) >= 11 is 0. The molecule has 0 saturated heterocycles. The summed E-state index contributed by atoms with van der Waals surface area (Å²) in [5, 5.41) is 0. The highest BCUT2D eigenvalue weighted by molar-refractivity contribution is 7.89. The first-order valence-electron chi connectivity index (χ1n) is 8.96. The molecule has 0 fully saturated rings. The van der Waals surface area contributed by atoms with Crippen LogP contribution in [-0.4, -0.2) is 22.6 Å². The number of hydrogen-bond acceptors (Lipinski definition) is 4. The van der Waals surface area contributed by atoms with E-state index in [0.717, 1.165) is 22.9 Å². The minimum Gasteiger partial charge on any atom is -0.497 e. The number of ether oxygens (including phenoxy) is 2. The molecule has 0 bridgehead atoms. The van der Waals surface area contributed by atoms with Gasteiger partial charge in [0.25, 0.3) is 0 Å². The maximum absolute atomic E-state index is 13.5.